The number of amides is 5. The summed E-state index contributed by atoms with van der Waals surface area (Å²) >= 11 is 0. The second-order valence-corrected chi connectivity index (χ2v) is 7.85. The van der Waals surface area contributed by atoms with Gasteiger partial charge in [0, 0.05) is 25.1 Å². The fraction of sp³-hybridized carbons (Fsp3) is 0.304. The number of benzene rings is 2. The molecule has 1 fully saturated rings. The maximum Gasteiger partial charge on any atom is 0.319 e. The van der Waals surface area contributed by atoms with Crippen LogP contribution in [0.4, 0.5) is 10.5 Å². The number of piperidine rings is 1. The lowest BCUT2D eigenvalue weighted by Gasteiger charge is -2.29. The lowest BCUT2D eigenvalue weighted by molar-refractivity contribution is -0.136. The van der Waals surface area contributed by atoms with E-state index in [4.69, 9.17) is 4.74 Å². The number of nitrogens with zero attached hydrogens (tertiary/aromatic N) is 1. The van der Waals surface area contributed by atoms with Crippen LogP contribution < -0.4 is 20.7 Å². The predicted octanol–water partition coefficient (Wildman–Crippen LogP) is 2.09. The number of aryl methyl sites for hydroxylation is 1. The van der Waals surface area contributed by atoms with Crippen molar-refractivity contribution in [2.24, 2.45) is 0 Å². The molecule has 1 saturated heterocycles. The molecule has 0 aromatic heterocycles. The van der Waals surface area contributed by atoms with E-state index in [0.29, 0.717) is 30.0 Å². The third-order valence-electron chi connectivity index (χ3n) is 5.71. The summed E-state index contributed by atoms with van der Waals surface area (Å²) in [7, 11) is 1.55. The van der Waals surface area contributed by atoms with Crippen LogP contribution in [0.5, 0.6) is 5.75 Å². The van der Waals surface area contributed by atoms with Gasteiger partial charge in [0.1, 0.15) is 11.8 Å². The number of urea groups is 1. The molecular formula is C23H24N4O5. The number of methoxy groups -OCH3 is 1. The Morgan fingerprint density at radius 2 is 2.03 bits per heavy atom. The summed E-state index contributed by atoms with van der Waals surface area (Å²) in [6, 6.07) is 9.80. The maximum atomic E-state index is 12.8. The molecular weight excluding hydrogens is 412 g/mol. The van der Waals surface area contributed by atoms with Gasteiger partial charge >= 0.3 is 6.03 Å². The molecule has 2 aromatic rings. The lowest BCUT2D eigenvalue weighted by Crippen LogP contribution is -2.52. The summed E-state index contributed by atoms with van der Waals surface area (Å²) in [5.74, 6) is -0.372. The largest absolute Gasteiger partial charge is 0.494 e. The third kappa shape index (κ3) is 4.14. The fourth-order valence-corrected chi connectivity index (χ4v) is 4.11. The highest BCUT2D eigenvalue weighted by Gasteiger charge is 2.39. The SMILES string of the molecule is COc1c(C)cccc1NC(=O)NCc1ccc2c(c1)CN(C1CCC(=O)NC1=O)C2=O. The van der Waals surface area contributed by atoms with Crippen molar-refractivity contribution in [2.45, 2.75) is 38.9 Å². The molecule has 2 aliphatic rings. The van der Waals surface area contributed by atoms with E-state index in [0.717, 1.165) is 16.7 Å². The van der Waals surface area contributed by atoms with Crippen LogP contribution >= 0.6 is 0 Å². The minimum absolute atomic E-state index is 0.215. The molecule has 0 spiro atoms. The van der Waals surface area contributed by atoms with Crippen LogP contribution in [0.25, 0.3) is 0 Å². The highest BCUT2D eigenvalue weighted by Crippen LogP contribution is 2.29. The Bertz CT molecular complexity index is 1110. The minimum Gasteiger partial charge on any atom is -0.494 e. The zero-order chi connectivity index (χ0) is 22.8. The first kappa shape index (κ1) is 21.4. The van der Waals surface area contributed by atoms with Crippen molar-refractivity contribution in [3.63, 3.8) is 0 Å². The number of anilines is 1. The number of imide groups is 1. The van der Waals surface area contributed by atoms with Gasteiger partial charge in [-0.25, -0.2) is 4.79 Å². The summed E-state index contributed by atoms with van der Waals surface area (Å²) in [4.78, 5) is 50.2. The normalized spacial score (nSPS) is 17.6. The van der Waals surface area contributed by atoms with E-state index < -0.39 is 11.9 Å². The van der Waals surface area contributed by atoms with E-state index in [-0.39, 0.29) is 30.8 Å². The molecule has 5 amide bonds. The number of ether oxygens (including phenoxy) is 1. The van der Waals surface area contributed by atoms with E-state index in [1.807, 2.05) is 25.1 Å². The average Bonchev–Trinajstić information content (AvgIpc) is 3.08. The van der Waals surface area contributed by atoms with Gasteiger partial charge in [-0.1, -0.05) is 24.3 Å². The number of carbonyl (C=O) groups is 4. The summed E-state index contributed by atoms with van der Waals surface area (Å²) in [6.07, 6.45) is 0.536. The van der Waals surface area contributed by atoms with Crippen molar-refractivity contribution in [2.75, 3.05) is 12.4 Å². The quantitative estimate of drug-likeness (QED) is 0.621. The standard InChI is InChI=1S/C23H24N4O5/c1-13-4-3-5-17(20(13)32-2)25-23(31)24-11-14-6-7-16-15(10-14)12-27(22(16)30)18-8-9-19(28)26-21(18)29/h3-7,10,18H,8-9,11-12H2,1-2H3,(H2,24,25,31)(H,26,28,29). The smallest absolute Gasteiger partial charge is 0.319 e. The van der Waals surface area contributed by atoms with Gasteiger partial charge in [-0.05, 0) is 42.2 Å². The van der Waals surface area contributed by atoms with Crippen molar-refractivity contribution in [1.29, 1.82) is 0 Å². The maximum absolute atomic E-state index is 12.8. The molecule has 9 heteroatoms. The van der Waals surface area contributed by atoms with Crippen molar-refractivity contribution >= 4 is 29.4 Å². The Hall–Kier alpha value is -3.88. The van der Waals surface area contributed by atoms with Crippen molar-refractivity contribution < 1.29 is 23.9 Å². The Balaban J connectivity index is 1.39. The number of rotatable bonds is 5. The van der Waals surface area contributed by atoms with Gasteiger partial charge < -0.3 is 20.3 Å². The molecule has 1 atom stereocenters. The Labute approximate surface area is 185 Å². The minimum atomic E-state index is -0.649. The van der Waals surface area contributed by atoms with Gasteiger partial charge in [0.2, 0.25) is 11.8 Å². The zero-order valence-electron chi connectivity index (χ0n) is 17.9. The molecule has 2 aliphatic heterocycles. The van der Waals surface area contributed by atoms with E-state index in [2.05, 4.69) is 16.0 Å². The molecule has 2 heterocycles. The monoisotopic (exact) mass is 436 g/mol. The molecule has 2 aromatic carbocycles. The van der Waals surface area contributed by atoms with Crippen LogP contribution in [0, 0.1) is 6.92 Å². The van der Waals surface area contributed by atoms with Crippen LogP contribution in [0.2, 0.25) is 0 Å². The second-order valence-electron chi connectivity index (χ2n) is 7.85. The van der Waals surface area contributed by atoms with Crippen molar-refractivity contribution in [3.05, 3.63) is 58.7 Å². The number of para-hydroxylation sites is 1. The summed E-state index contributed by atoms with van der Waals surface area (Å²) in [5, 5.41) is 7.88. The molecule has 0 saturated carbocycles. The topological polar surface area (TPSA) is 117 Å². The molecule has 0 radical (unpaired) electrons. The van der Waals surface area contributed by atoms with E-state index >= 15 is 0 Å². The zero-order valence-corrected chi connectivity index (χ0v) is 17.9. The molecule has 3 N–H and O–H groups in total. The van der Waals surface area contributed by atoms with Gasteiger partial charge in [-0.15, -0.1) is 0 Å². The number of fused-ring (bicyclic) bond motifs is 1. The first-order valence-electron chi connectivity index (χ1n) is 10.3. The van der Waals surface area contributed by atoms with Crippen LogP contribution in [0.3, 0.4) is 0 Å². The van der Waals surface area contributed by atoms with Gasteiger partial charge in [0.25, 0.3) is 5.91 Å². The average molecular weight is 436 g/mol. The number of hydrogen-bond donors (Lipinski definition) is 3. The van der Waals surface area contributed by atoms with Gasteiger partial charge in [0.15, 0.2) is 0 Å². The Morgan fingerprint density at radius 3 is 2.78 bits per heavy atom. The van der Waals surface area contributed by atoms with Gasteiger partial charge in [-0.3, -0.25) is 19.7 Å². The lowest BCUT2D eigenvalue weighted by atomic mass is 10.0. The molecule has 32 heavy (non-hydrogen) atoms. The van der Waals surface area contributed by atoms with Crippen molar-refractivity contribution in [1.82, 2.24) is 15.5 Å². The summed E-state index contributed by atoms with van der Waals surface area (Å²) in [5.41, 5.74) is 3.64. The third-order valence-corrected chi connectivity index (χ3v) is 5.71. The summed E-state index contributed by atoms with van der Waals surface area (Å²) < 4.78 is 5.35. The molecule has 4 rings (SSSR count). The van der Waals surface area contributed by atoms with Crippen LogP contribution in [0.15, 0.2) is 36.4 Å². The van der Waals surface area contributed by atoms with Crippen LogP contribution in [-0.4, -0.2) is 41.8 Å². The molecule has 0 aliphatic carbocycles. The number of hydrogen-bond acceptors (Lipinski definition) is 5. The second kappa shape index (κ2) is 8.70. The van der Waals surface area contributed by atoms with Gasteiger partial charge in [0.05, 0.1) is 12.8 Å². The van der Waals surface area contributed by atoms with E-state index in [1.165, 1.54) is 4.90 Å². The fourth-order valence-electron chi connectivity index (χ4n) is 4.11. The molecule has 166 valence electrons. The first-order valence-corrected chi connectivity index (χ1v) is 10.3. The number of carbonyl (C=O) groups excluding carboxylic acids is 4. The molecule has 1 unspecified atom stereocenters. The first-order chi connectivity index (χ1) is 15.4. The van der Waals surface area contributed by atoms with Crippen molar-refractivity contribution in [3.8, 4) is 5.75 Å². The van der Waals surface area contributed by atoms with Crippen LogP contribution in [-0.2, 0) is 22.7 Å². The number of nitrogens with one attached hydrogen (secondary N) is 3. The van der Waals surface area contributed by atoms with Gasteiger partial charge in [-0.2, -0.15) is 0 Å². The highest BCUT2D eigenvalue weighted by atomic mass is 16.5. The highest BCUT2D eigenvalue weighted by molar-refractivity contribution is 6.05. The molecule has 0 bridgehead atoms. The molecule has 9 nitrogen and oxygen atoms in total. The predicted molar refractivity (Wildman–Crippen MR) is 116 cm³/mol. The Kier molecular flexibility index (Phi) is 5.81. The Morgan fingerprint density at radius 1 is 1.22 bits per heavy atom. The van der Waals surface area contributed by atoms with E-state index in [9.17, 15) is 19.2 Å². The van der Waals surface area contributed by atoms with Crippen LogP contribution in [0.1, 0.15) is 39.9 Å². The van der Waals surface area contributed by atoms with E-state index in [1.54, 1.807) is 25.3 Å². The summed E-state index contributed by atoms with van der Waals surface area (Å²) in [6.45, 7) is 2.45.